The van der Waals surface area contributed by atoms with Gasteiger partial charge in [-0.15, -0.1) is 0 Å². The zero-order valence-corrected chi connectivity index (χ0v) is 16.7. The molecule has 0 bridgehead atoms. The van der Waals surface area contributed by atoms with Crippen molar-refractivity contribution in [3.8, 4) is 0 Å². The fourth-order valence-corrected chi connectivity index (χ4v) is 3.79. The van der Waals surface area contributed by atoms with Crippen LogP contribution in [0.15, 0.2) is 30.3 Å². The second kappa shape index (κ2) is 8.47. The molecule has 1 amide bonds. The number of nitrogens with zero attached hydrogens (tertiary/aromatic N) is 4. The van der Waals surface area contributed by atoms with E-state index >= 15 is 0 Å². The molecule has 1 fully saturated rings. The van der Waals surface area contributed by atoms with E-state index in [9.17, 15) is 14.9 Å². The van der Waals surface area contributed by atoms with Gasteiger partial charge in [0.15, 0.2) is 4.77 Å². The van der Waals surface area contributed by atoms with Gasteiger partial charge >= 0.3 is 0 Å². The van der Waals surface area contributed by atoms with Crippen LogP contribution in [0.3, 0.4) is 0 Å². The summed E-state index contributed by atoms with van der Waals surface area (Å²) < 4.78 is 2.68. The van der Waals surface area contributed by atoms with E-state index in [4.69, 9.17) is 12.2 Å². The zero-order valence-electron chi connectivity index (χ0n) is 15.9. The highest BCUT2D eigenvalue weighted by molar-refractivity contribution is 7.71. The highest BCUT2D eigenvalue weighted by atomic mass is 32.1. The van der Waals surface area contributed by atoms with E-state index < -0.39 is 4.92 Å². The first kappa shape index (κ1) is 19.9. The van der Waals surface area contributed by atoms with Gasteiger partial charge in [0.1, 0.15) is 5.82 Å². The van der Waals surface area contributed by atoms with Crippen LogP contribution in [0.4, 0.5) is 5.69 Å². The van der Waals surface area contributed by atoms with E-state index in [2.05, 4.69) is 24.0 Å². The Balaban J connectivity index is 1.59. The standard InChI is InChI=1S/C19H23N5O3S/c1-13(2)23-18(20-21-19(23)28)15-9-11-22(12-10-15)17(25)8-5-14-3-6-16(7-4-14)24(26)27/h3-8,13,15H,9-12H2,1-2H3,(H,21,28)/b8-5+. The van der Waals surface area contributed by atoms with Gasteiger partial charge in [-0.25, -0.2) is 0 Å². The molecule has 0 atom stereocenters. The SMILES string of the molecule is CC(C)n1c(C2CCN(C(=O)/C=C/c3ccc([N+](=O)[O-])cc3)CC2)n[nH]c1=S. The number of nitro groups is 1. The van der Waals surface area contributed by atoms with Gasteiger partial charge in [-0.2, -0.15) is 5.10 Å². The van der Waals surface area contributed by atoms with Crippen LogP contribution in [-0.4, -0.2) is 43.6 Å². The van der Waals surface area contributed by atoms with Gasteiger partial charge in [0, 0.05) is 43.3 Å². The first-order valence-electron chi connectivity index (χ1n) is 9.25. The van der Waals surface area contributed by atoms with Gasteiger partial charge in [-0.1, -0.05) is 0 Å². The van der Waals surface area contributed by atoms with Gasteiger partial charge in [0.05, 0.1) is 4.92 Å². The number of piperidine rings is 1. The molecule has 148 valence electrons. The fraction of sp³-hybridized carbons (Fsp3) is 0.421. The summed E-state index contributed by atoms with van der Waals surface area (Å²) in [6.45, 7) is 5.48. The Labute approximate surface area is 168 Å². The number of rotatable bonds is 5. The number of nitro benzene ring substituents is 1. The van der Waals surface area contributed by atoms with Crippen LogP contribution in [0.25, 0.3) is 6.08 Å². The number of likely N-dealkylation sites (tertiary alicyclic amines) is 1. The summed E-state index contributed by atoms with van der Waals surface area (Å²) in [5.41, 5.74) is 0.783. The predicted octanol–water partition coefficient (Wildman–Crippen LogP) is 3.85. The highest BCUT2D eigenvalue weighted by Gasteiger charge is 2.27. The lowest BCUT2D eigenvalue weighted by atomic mass is 9.95. The van der Waals surface area contributed by atoms with Gasteiger partial charge in [0.2, 0.25) is 5.91 Å². The molecule has 0 unspecified atom stereocenters. The molecule has 1 aliphatic heterocycles. The quantitative estimate of drug-likeness (QED) is 0.355. The molecule has 8 nitrogen and oxygen atoms in total. The number of H-pyrrole nitrogens is 1. The zero-order chi connectivity index (χ0) is 20.3. The maximum atomic E-state index is 12.5. The Morgan fingerprint density at radius 2 is 1.96 bits per heavy atom. The summed E-state index contributed by atoms with van der Waals surface area (Å²) >= 11 is 5.32. The van der Waals surface area contributed by atoms with Crippen LogP contribution in [-0.2, 0) is 4.79 Å². The Morgan fingerprint density at radius 1 is 1.32 bits per heavy atom. The molecule has 28 heavy (non-hydrogen) atoms. The minimum Gasteiger partial charge on any atom is -0.339 e. The van der Waals surface area contributed by atoms with E-state index in [1.165, 1.54) is 18.2 Å². The van der Waals surface area contributed by atoms with E-state index in [-0.39, 0.29) is 23.6 Å². The summed E-state index contributed by atoms with van der Waals surface area (Å²) in [5, 5.41) is 18.0. The monoisotopic (exact) mass is 401 g/mol. The molecule has 0 spiro atoms. The predicted molar refractivity (Wildman–Crippen MR) is 108 cm³/mol. The summed E-state index contributed by atoms with van der Waals surface area (Å²) in [6, 6.07) is 6.35. The topological polar surface area (TPSA) is 97.1 Å². The molecule has 1 saturated heterocycles. The average molecular weight is 401 g/mol. The molecule has 1 aromatic carbocycles. The number of aromatic amines is 1. The van der Waals surface area contributed by atoms with Crippen molar-refractivity contribution in [2.75, 3.05) is 13.1 Å². The third-order valence-corrected chi connectivity index (χ3v) is 5.23. The Hall–Kier alpha value is -2.81. The van der Waals surface area contributed by atoms with Crippen LogP contribution in [0.5, 0.6) is 0 Å². The van der Waals surface area contributed by atoms with Crippen LogP contribution < -0.4 is 0 Å². The highest BCUT2D eigenvalue weighted by Crippen LogP contribution is 2.28. The lowest BCUT2D eigenvalue weighted by Crippen LogP contribution is -2.37. The van der Waals surface area contributed by atoms with Gasteiger partial charge < -0.3 is 9.47 Å². The molecular formula is C19H23N5O3S. The van der Waals surface area contributed by atoms with Gasteiger partial charge in [-0.3, -0.25) is 20.0 Å². The minimum atomic E-state index is -0.444. The summed E-state index contributed by atoms with van der Waals surface area (Å²) in [4.78, 5) is 24.5. The molecule has 1 N–H and O–H groups in total. The van der Waals surface area contributed by atoms with Crippen molar-refractivity contribution < 1.29 is 9.72 Å². The van der Waals surface area contributed by atoms with Crippen molar-refractivity contribution >= 4 is 29.9 Å². The molecule has 1 aromatic heterocycles. The Morgan fingerprint density at radius 3 is 2.54 bits per heavy atom. The number of aromatic nitrogens is 3. The molecule has 0 radical (unpaired) electrons. The molecular weight excluding hydrogens is 378 g/mol. The summed E-state index contributed by atoms with van der Waals surface area (Å²) in [6.07, 6.45) is 4.88. The molecule has 2 aromatic rings. The maximum absolute atomic E-state index is 12.5. The number of non-ortho nitro benzene ring substituents is 1. The largest absolute Gasteiger partial charge is 0.339 e. The van der Waals surface area contributed by atoms with E-state index in [1.807, 2.05) is 9.47 Å². The number of carbonyl (C=O) groups is 1. The van der Waals surface area contributed by atoms with Crippen LogP contribution >= 0.6 is 12.2 Å². The molecule has 1 aliphatic rings. The average Bonchev–Trinajstić information content (AvgIpc) is 3.08. The van der Waals surface area contributed by atoms with Gasteiger partial charge in [-0.05, 0) is 62.7 Å². The Bertz CT molecular complexity index is 937. The molecule has 9 heteroatoms. The lowest BCUT2D eigenvalue weighted by Gasteiger charge is -2.31. The lowest BCUT2D eigenvalue weighted by molar-refractivity contribution is -0.384. The van der Waals surface area contributed by atoms with E-state index in [0.29, 0.717) is 17.9 Å². The van der Waals surface area contributed by atoms with Crippen LogP contribution in [0, 0.1) is 14.9 Å². The maximum Gasteiger partial charge on any atom is 0.269 e. The Kier molecular flexibility index (Phi) is 6.03. The smallest absolute Gasteiger partial charge is 0.269 e. The number of benzene rings is 1. The fourth-order valence-electron chi connectivity index (χ4n) is 3.44. The number of amides is 1. The first-order chi connectivity index (χ1) is 13.4. The number of hydrogen-bond donors (Lipinski definition) is 1. The second-order valence-corrected chi connectivity index (χ2v) is 7.52. The van der Waals surface area contributed by atoms with Gasteiger partial charge in [0.25, 0.3) is 5.69 Å². The number of nitrogens with one attached hydrogen (secondary N) is 1. The third kappa shape index (κ3) is 4.36. The van der Waals surface area contributed by atoms with Crippen LogP contribution in [0.1, 0.15) is 50.0 Å². The number of carbonyl (C=O) groups excluding carboxylic acids is 1. The molecule has 0 aliphatic carbocycles. The van der Waals surface area contributed by atoms with Crippen molar-refractivity contribution in [1.82, 2.24) is 19.7 Å². The third-order valence-electron chi connectivity index (χ3n) is 4.94. The summed E-state index contributed by atoms with van der Waals surface area (Å²) in [7, 11) is 0. The second-order valence-electron chi connectivity index (χ2n) is 7.13. The van der Waals surface area contributed by atoms with Crippen molar-refractivity contribution in [3.63, 3.8) is 0 Å². The minimum absolute atomic E-state index is 0.0322. The van der Waals surface area contributed by atoms with Crippen LogP contribution in [0.2, 0.25) is 0 Å². The van der Waals surface area contributed by atoms with Crippen molar-refractivity contribution in [2.45, 2.75) is 38.6 Å². The summed E-state index contributed by atoms with van der Waals surface area (Å²) in [5.74, 6) is 1.19. The van der Waals surface area contributed by atoms with Crippen molar-refractivity contribution in [2.24, 2.45) is 0 Å². The van der Waals surface area contributed by atoms with Crippen molar-refractivity contribution in [3.05, 3.63) is 56.6 Å². The normalized spacial score (nSPS) is 15.5. The van der Waals surface area contributed by atoms with E-state index in [0.717, 1.165) is 24.2 Å². The van der Waals surface area contributed by atoms with E-state index in [1.54, 1.807) is 18.2 Å². The molecule has 0 saturated carbocycles. The van der Waals surface area contributed by atoms with Crippen molar-refractivity contribution in [1.29, 1.82) is 0 Å². The molecule has 2 heterocycles. The first-order valence-corrected chi connectivity index (χ1v) is 9.66. The molecule has 3 rings (SSSR count). The number of hydrogen-bond acceptors (Lipinski definition) is 5.